The highest BCUT2D eigenvalue weighted by molar-refractivity contribution is 6.30. The Balaban J connectivity index is 1.54. The Morgan fingerprint density at radius 3 is 2.41 bits per heavy atom. The summed E-state index contributed by atoms with van der Waals surface area (Å²) in [4.78, 5) is 16.6. The lowest BCUT2D eigenvalue weighted by atomic mass is 10.1. The topological polar surface area (TPSA) is 23.6 Å². The fourth-order valence-corrected chi connectivity index (χ4v) is 2.78. The summed E-state index contributed by atoms with van der Waals surface area (Å²) in [6.45, 7) is 4.20. The number of piperazine rings is 1. The Morgan fingerprint density at radius 2 is 1.77 bits per heavy atom. The average molecular weight is 314 g/mol. The van der Waals surface area contributed by atoms with E-state index in [0.717, 1.165) is 37.7 Å². The van der Waals surface area contributed by atoms with Crippen LogP contribution in [0.3, 0.4) is 0 Å². The smallest absolute Gasteiger partial charge is 0.254 e. The number of carbonyl (C=O) groups is 1. The number of rotatable bonds is 3. The minimum atomic E-state index is 0.0757. The minimum Gasteiger partial charge on any atom is -0.336 e. The molecular weight excluding hydrogens is 296 g/mol. The van der Waals surface area contributed by atoms with Crippen LogP contribution in [0.5, 0.6) is 0 Å². The molecule has 0 bridgehead atoms. The van der Waals surface area contributed by atoms with Crippen molar-refractivity contribution in [3.63, 3.8) is 0 Å². The molecule has 4 heteroatoms. The fourth-order valence-electron chi connectivity index (χ4n) is 2.65. The highest BCUT2D eigenvalue weighted by Gasteiger charge is 2.21. The monoisotopic (exact) mass is 313 g/mol. The van der Waals surface area contributed by atoms with Gasteiger partial charge in [-0.2, -0.15) is 0 Å². The lowest BCUT2D eigenvalue weighted by Crippen LogP contribution is -2.48. The van der Waals surface area contributed by atoms with Crippen molar-refractivity contribution in [2.75, 3.05) is 26.2 Å². The van der Waals surface area contributed by atoms with Crippen LogP contribution in [-0.2, 0) is 6.54 Å². The number of benzene rings is 2. The molecule has 0 saturated carbocycles. The molecule has 0 spiro atoms. The summed E-state index contributed by atoms with van der Waals surface area (Å²) in [6, 6.07) is 18.3. The van der Waals surface area contributed by atoms with Crippen LogP contribution in [0.15, 0.2) is 48.5 Å². The van der Waals surface area contributed by atoms with E-state index in [2.05, 4.69) is 23.1 Å². The molecule has 0 atom stereocenters. The van der Waals surface area contributed by atoms with Crippen molar-refractivity contribution in [1.29, 1.82) is 0 Å². The van der Waals surface area contributed by atoms with E-state index in [0.29, 0.717) is 5.56 Å². The molecule has 1 aliphatic heterocycles. The predicted octanol–water partition coefficient (Wildman–Crippen LogP) is 3.10. The van der Waals surface area contributed by atoms with Crippen molar-refractivity contribution >= 4 is 17.5 Å². The Labute approximate surface area is 136 Å². The maximum Gasteiger partial charge on any atom is 0.254 e. The molecule has 0 aromatic heterocycles. The maximum absolute atomic E-state index is 12.4. The van der Waals surface area contributed by atoms with Crippen molar-refractivity contribution in [3.8, 4) is 0 Å². The molecule has 1 amide bonds. The van der Waals surface area contributed by atoms with Crippen molar-refractivity contribution < 1.29 is 4.79 Å². The van der Waals surface area contributed by atoms with Gasteiger partial charge in [0.05, 0.1) is 0 Å². The second kappa shape index (κ2) is 6.95. The van der Waals surface area contributed by atoms with Crippen LogP contribution in [0.25, 0.3) is 0 Å². The first kappa shape index (κ1) is 15.1. The number of halogens is 1. The Hall–Kier alpha value is -1.84. The van der Waals surface area contributed by atoms with E-state index in [-0.39, 0.29) is 5.91 Å². The number of amides is 1. The molecule has 0 unspecified atom stereocenters. The SMILES string of the molecule is O=C(c1[c]cccc1)N1CCN(Cc2ccc(Cl)cc2)CC1. The summed E-state index contributed by atoms with van der Waals surface area (Å²) in [5.74, 6) is 0.0757. The van der Waals surface area contributed by atoms with Crippen LogP contribution in [0.1, 0.15) is 15.9 Å². The summed E-state index contributed by atoms with van der Waals surface area (Å²) in [6.07, 6.45) is 0. The summed E-state index contributed by atoms with van der Waals surface area (Å²) >= 11 is 5.91. The van der Waals surface area contributed by atoms with E-state index < -0.39 is 0 Å². The van der Waals surface area contributed by atoms with Crippen molar-refractivity contribution in [1.82, 2.24) is 9.80 Å². The van der Waals surface area contributed by atoms with Gasteiger partial charge in [-0.1, -0.05) is 41.9 Å². The lowest BCUT2D eigenvalue weighted by molar-refractivity contribution is 0.0628. The van der Waals surface area contributed by atoms with E-state index in [1.807, 2.05) is 35.2 Å². The first-order valence-electron chi connectivity index (χ1n) is 7.45. The molecule has 3 rings (SSSR count). The number of hydrogen-bond acceptors (Lipinski definition) is 2. The van der Waals surface area contributed by atoms with E-state index in [1.165, 1.54) is 5.56 Å². The van der Waals surface area contributed by atoms with Crippen LogP contribution >= 0.6 is 11.6 Å². The van der Waals surface area contributed by atoms with E-state index >= 15 is 0 Å². The quantitative estimate of drug-likeness (QED) is 0.869. The first-order chi connectivity index (χ1) is 10.7. The number of nitrogens with zero attached hydrogens (tertiary/aromatic N) is 2. The largest absolute Gasteiger partial charge is 0.336 e. The van der Waals surface area contributed by atoms with Gasteiger partial charge in [0, 0.05) is 43.3 Å². The van der Waals surface area contributed by atoms with E-state index in [9.17, 15) is 4.79 Å². The van der Waals surface area contributed by atoms with Gasteiger partial charge in [-0.3, -0.25) is 9.69 Å². The molecule has 1 aliphatic rings. The molecule has 0 aliphatic carbocycles. The van der Waals surface area contributed by atoms with Crippen molar-refractivity contribution in [2.24, 2.45) is 0 Å². The lowest BCUT2D eigenvalue weighted by Gasteiger charge is -2.34. The normalized spacial score (nSPS) is 15.8. The molecule has 22 heavy (non-hydrogen) atoms. The zero-order valence-corrected chi connectivity index (χ0v) is 13.1. The van der Waals surface area contributed by atoms with Crippen molar-refractivity contribution in [3.05, 3.63) is 70.7 Å². The van der Waals surface area contributed by atoms with Gasteiger partial charge in [0.1, 0.15) is 0 Å². The van der Waals surface area contributed by atoms with Gasteiger partial charge < -0.3 is 4.90 Å². The predicted molar refractivity (Wildman–Crippen MR) is 87.9 cm³/mol. The van der Waals surface area contributed by atoms with Gasteiger partial charge in [0.25, 0.3) is 5.91 Å². The van der Waals surface area contributed by atoms with Crippen LogP contribution in [0.4, 0.5) is 0 Å². The summed E-state index contributed by atoms with van der Waals surface area (Å²) in [5, 5.41) is 0.762. The first-order valence-corrected chi connectivity index (χ1v) is 7.83. The summed E-state index contributed by atoms with van der Waals surface area (Å²) < 4.78 is 0. The summed E-state index contributed by atoms with van der Waals surface area (Å²) in [7, 11) is 0. The molecule has 0 N–H and O–H groups in total. The van der Waals surface area contributed by atoms with Gasteiger partial charge in [-0.05, 0) is 29.8 Å². The highest BCUT2D eigenvalue weighted by Crippen LogP contribution is 2.14. The Morgan fingerprint density at radius 1 is 1.05 bits per heavy atom. The van der Waals surface area contributed by atoms with Gasteiger partial charge >= 0.3 is 0 Å². The molecule has 2 aromatic rings. The second-order valence-corrected chi connectivity index (χ2v) is 5.91. The molecule has 3 nitrogen and oxygen atoms in total. The third-order valence-corrected chi connectivity index (χ3v) is 4.17. The van der Waals surface area contributed by atoms with Gasteiger partial charge in [0.15, 0.2) is 0 Å². The third kappa shape index (κ3) is 3.67. The molecule has 1 saturated heterocycles. The number of hydrogen-bond donors (Lipinski definition) is 0. The number of carbonyl (C=O) groups excluding carboxylic acids is 1. The van der Waals surface area contributed by atoms with E-state index in [1.54, 1.807) is 6.07 Å². The van der Waals surface area contributed by atoms with Crippen LogP contribution in [-0.4, -0.2) is 41.9 Å². The van der Waals surface area contributed by atoms with Crippen LogP contribution < -0.4 is 0 Å². The maximum atomic E-state index is 12.4. The standard InChI is InChI=1S/C18H18ClN2O/c19-17-8-6-15(7-9-17)14-20-10-12-21(13-11-20)18(22)16-4-2-1-3-5-16/h1-4,6-9H,10-14H2. The van der Waals surface area contributed by atoms with E-state index in [4.69, 9.17) is 11.6 Å². The van der Waals surface area contributed by atoms with Gasteiger partial charge in [0.2, 0.25) is 0 Å². The highest BCUT2D eigenvalue weighted by atomic mass is 35.5. The molecule has 1 heterocycles. The molecule has 1 fully saturated rings. The summed E-state index contributed by atoms with van der Waals surface area (Å²) in [5.41, 5.74) is 1.90. The van der Waals surface area contributed by atoms with Crippen molar-refractivity contribution in [2.45, 2.75) is 6.54 Å². The van der Waals surface area contributed by atoms with Crippen LogP contribution in [0.2, 0.25) is 5.02 Å². The average Bonchev–Trinajstić information content (AvgIpc) is 2.58. The zero-order chi connectivity index (χ0) is 15.4. The van der Waals surface area contributed by atoms with Gasteiger partial charge in [-0.25, -0.2) is 0 Å². The molecule has 113 valence electrons. The Bertz CT molecular complexity index is 619. The minimum absolute atomic E-state index is 0.0757. The third-order valence-electron chi connectivity index (χ3n) is 3.92. The Kier molecular flexibility index (Phi) is 4.76. The van der Waals surface area contributed by atoms with Gasteiger partial charge in [-0.15, -0.1) is 0 Å². The second-order valence-electron chi connectivity index (χ2n) is 5.47. The van der Waals surface area contributed by atoms with Crippen LogP contribution in [0, 0.1) is 6.07 Å². The molecular formula is C18H18ClN2O. The molecule has 2 aromatic carbocycles. The fraction of sp³-hybridized carbons (Fsp3) is 0.278. The zero-order valence-electron chi connectivity index (χ0n) is 12.3. The molecule has 1 radical (unpaired) electrons.